The second-order valence-electron chi connectivity index (χ2n) is 11.2. The Balaban J connectivity index is 1.58. The predicted octanol–water partition coefficient (Wildman–Crippen LogP) is 8.40. The van der Waals surface area contributed by atoms with Crippen LogP contribution < -0.4 is 14.8 Å². The fourth-order valence-corrected chi connectivity index (χ4v) is 4.70. The number of fused-ring (bicyclic) bond motifs is 1. The molecule has 5 aromatic rings. The van der Waals surface area contributed by atoms with Gasteiger partial charge in [0.05, 0.1) is 11.2 Å². The SMILES string of the molecule is Cc1c(-c2ccc(NC(=O)OC(C)(C)C)cc2)n(-c2ccc(OCc3ccccc3)c(F)c2)c2c(OCC(F)(F)F)ncnc12. The van der Waals surface area contributed by atoms with Crippen LogP contribution >= 0.6 is 0 Å². The van der Waals surface area contributed by atoms with Gasteiger partial charge >= 0.3 is 12.3 Å². The number of ether oxygens (including phenoxy) is 3. The largest absolute Gasteiger partial charge is 0.486 e. The number of anilines is 1. The normalized spacial score (nSPS) is 11.8. The number of rotatable bonds is 8. The Morgan fingerprint density at radius 2 is 1.64 bits per heavy atom. The highest BCUT2D eigenvalue weighted by molar-refractivity contribution is 5.94. The smallest absolute Gasteiger partial charge is 0.422 e. The van der Waals surface area contributed by atoms with E-state index < -0.39 is 30.3 Å². The number of halogens is 4. The van der Waals surface area contributed by atoms with Gasteiger partial charge in [0.15, 0.2) is 18.2 Å². The molecule has 0 bridgehead atoms. The molecule has 0 unspecified atom stereocenters. The molecule has 45 heavy (non-hydrogen) atoms. The second-order valence-corrected chi connectivity index (χ2v) is 11.2. The van der Waals surface area contributed by atoms with Crippen molar-refractivity contribution in [2.75, 3.05) is 11.9 Å². The summed E-state index contributed by atoms with van der Waals surface area (Å²) in [5.41, 5.74) is 3.02. The summed E-state index contributed by atoms with van der Waals surface area (Å²) in [6.07, 6.45) is -4.13. The van der Waals surface area contributed by atoms with Crippen LogP contribution in [-0.4, -0.2) is 39.0 Å². The molecule has 3 aromatic carbocycles. The molecule has 0 saturated heterocycles. The number of aryl methyl sites for hydroxylation is 1. The summed E-state index contributed by atoms with van der Waals surface area (Å²) >= 11 is 0. The molecule has 2 aromatic heterocycles. The summed E-state index contributed by atoms with van der Waals surface area (Å²) in [5, 5.41) is 2.66. The van der Waals surface area contributed by atoms with Crippen LogP contribution in [0.25, 0.3) is 28.0 Å². The van der Waals surface area contributed by atoms with Crippen molar-refractivity contribution in [1.29, 1.82) is 0 Å². The van der Waals surface area contributed by atoms with Crippen molar-refractivity contribution in [2.24, 2.45) is 0 Å². The molecule has 0 fully saturated rings. The van der Waals surface area contributed by atoms with Crippen LogP contribution in [0.2, 0.25) is 0 Å². The van der Waals surface area contributed by atoms with Gasteiger partial charge in [0.2, 0.25) is 5.88 Å². The first-order valence-corrected chi connectivity index (χ1v) is 13.9. The molecule has 0 saturated carbocycles. The Morgan fingerprint density at radius 1 is 0.933 bits per heavy atom. The number of carbonyl (C=O) groups is 1. The topological polar surface area (TPSA) is 87.5 Å². The Morgan fingerprint density at radius 3 is 2.29 bits per heavy atom. The van der Waals surface area contributed by atoms with Gasteiger partial charge in [-0.15, -0.1) is 0 Å². The zero-order valence-corrected chi connectivity index (χ0v) is 24.9. The molecule has 1 amide bonds. The number of amides is 1. The van der Waals surface area contributed by atoms with Crippen molar-refractivity contribution in [3.8, 4) is 28.6 Å². The molecule has 0 radical (unpaired) electrons. The summed E-state index contributed by atoms with van der Waals surface area (Å²) in [4.78, 5) is 20.6. The zero-order chi connectivity index (χ0) is 32.4. The maximum atomic E-state index is 15.5. The molecule has 12 heteroatoms. The number of nitrogens with one attached hydrogen (secondary N) is 1. The van der Waals surface area contributed by atoms with Gasteiger partial charge in [-0.2, -0.15) is 18.2 Å². The highest BCUT2D eigenvalue weighted by atomic mass is 19.4. The van der Waals surface area contributed by atoms with Crippen molar-refractivity contribution in [3.05, 3.63) is 96.1 Å². The van der Waals surface area contributed by atoms with E-state index in [1.807, 2.05) is 30.3 Å². The van der Waals surface area contributed by atoms with E-state index in [2.05, 4.69) is 15.3 Å². The van der Waals surface area contributed by atoms with Crippen LogP contribution in [0, 0.1) is 12.7 Å². The third-order valence-corrected chi connectivity index (χ3v) is 6.53. The summed E-state index contributed by atoms with van der Waals surface area (Å²) in [7, 11) is 0. The van der Waals surface area contributed by atoms with Crippen molar-refractivity contribution >= 4 is 22.8 Å². The number of nitrogens with zero attached hydrogens (tertiary/aromatic N) is 3. The maximum Gasteiger partial charge on any atom is 0.422 e. The minimum atomic E-state index is -4.62. The van der Waals surface area contributed by atoms with Gasteiger partial charge in [0.25, 0.3) is 0 Å². The third kappa shape index (κ3) is 7.51. The van der Waals surface area contributed by atoms with Gasteiger partial charge in [0, 0.05) is 23.0 Å². The zero-order valence-electron chi connectivity index (χ0n) is 24.9. The van der Waals surface area contributed by atoms with E-state index >= 15 is 4.39 Å². The first kappa shape index (κ1) is 31.3. The minimum Gasteiger partial charge on any atom is -0.486 e. The Hall–Kier alpha value is -5.13. The van der Waals surface area contributed by atoms with Crippen LogP contribution in [-0.2, 0) is 11.3 Å². The number of alkyl halides is 3. The molecule has 5 rings (SSSR count). The van der Waals surface area contributed by atoms with Gasteiger partial charge in [-0.05, 0) is 63.1 Å². The van der Waals surface area contributed by atoms with Crippen LogP contribution in [0.3, 0.4) is 0 Å². The lowest BCUT2D eigenvalue weighted by Crippen LogP contribution is -2.27. The molecule has 1 N–H and O–H groups in total. The van der Waals surface area contributed by atoms with Crippen molar-refractivity contribution in [3.63, 3.8) is 0 Å². The Bertz CT molecular complexity index is 1820. The van der Waals surface area contributed by atoms with Crippen molar-refractivity contribution < 1.29 is 36.6 Å². The lowest BCUT2D eigenvalue weighted by Gasteiger charge is -2.19. The summed E-state index contributed by atoms with van der Waals surface area (Å²) < 4.78 is 72.6. The van der Waals surface area contributed by atoms with Gasteiger partial charge in [-0.25, -0.2) is 14.2 Å². The van der Waals surface area contributed by atoms with E-state index in [-0.39, 0.29) is 29.4 Å². The van der Waals surface area contributed by atoms with E-state index in [1.165, 1.54) is 12.1 Å². The summed E-state index contributed by atoms with van der Waals surface area (Å²) in [5.74, 6) is -1.00. The Labute approximate surface area is 256 Å². The number of hydrogen-bond donors (Lipinski definition) is 1. The molecular weight excluding hydrogens is 592 g/mol. The highest BCUT2D eigenvalue weighted by Crippen LogP contribution is 2.39. The van der Waals surface area contributed by atoms with Crippen molar-refractivity contribution in [1.82, 2.24) is 14.5 Å². The average molecular weight is 623 g/mol. The fourth-order valence-electron chi connectivity index (χ4n) is 4.70. The highest BCUT2D eigenvalue weighted by Gasteiger charge is 2.30. The molecule has 234 valence electrons. The lowest BCUT2D eigenvalue weighted by atomic mass is 10.1. The number of hydrogen-bond acceptors (Lipinski definition) is 6. The van der Waals surface area contributed by atoms with Crippen LogP contribution in [0.4, 0.5) is 28.0 Å². The van der Waals surface area contributed by atoms with Crippen LogP contribution in [0.15, 0.2) is 79.1 Å². The van der Waals surface area contributed by atoms with E-state index in [9.17, 15) is 18.0 Å². The molecule has 0 aliphatic carbocycles. The lowest BCUT2D eigenvalue weighted by molar-refractivity contribution is -0.153. The van der Waals surface area contributed by atoms with Crippen LogP contribution in [0.5, 0.6) is 11.6 Å². The summed E-state index contributed by atoms with van der Waals surface area (Å²) in [6, 6.07) is 20.2. The maximum absolute atomic E-state index is 15.5. The minimum absolute atomic E-state index is 0.000276. The average Bonchev–Trinajstić information content (AvgIpc) is 3.27. The van der Waals surface area contributed by atoms with E-state index in [4.69, 9.17) is 14.2 Å². The van der Waals surface area contributed by atoms with E-state index in [0.29, 0.717) is 28.0 Å². The van der Waals surface area contributed by atoms with Gasteiger partial charge < -0.3 is 18.8 Å². The second kappa shape index (κ2) is 12.5. The van der Waals surface area contributed by atoms with E-state index in [1.54, 1.807) is 62.6 Å². The fraction of sp³-hybridized carbons (Fsp3) is 0.242. The van der Waals surface area contributed by atoms with Gasteiger partial charge in [-0.3, -0.25) is 5.32 Å². The molecule has 0 atom stereocenters. The van der Waals surface area contributed by atoms with Crippen LogP contribution in [0.1, 0.15) is 31.9 Å². The van der Waals surface area contributed by atoms with Crippen molar-refractivity contribution in [2.45, 2.75) is 46.1 Å². The number of benzene rings is 3. The summed E-state index contributed by atoms with van der Waals surface area (Å²) in [6.45, 7) is 5.55. The molecular formula is C33H30F4N4O4. The molecule has 0 aliphatic rings. The van der Waals surface area contributed by atoms with Gasteiger partial charge in [-0.1, -0.05) is 42.5 Å². The first-order chi connectivity index (χ1) is 21.3. The van der Waals surface area contributed by atoms with E-state index in [0.717, 1.165) is 11.9 Å². The first-order valence-electron chi connectivity index (χ1n) is 13.9. The molecule has 2 heterocycles. The third-order valence-electron chi connectivity index (χ3n) is 6.53. The molecule has 8 nitrogen and oxygen atoms in total. The standard InChI is InChI=1S/C33H30F4N4O4/c1-20-27-29(30(39-19-38-27)44-18-33(35,36)37)41(24-14-15-26(25(34)16-24)43-17-21-8-6-5-7-9-21)28(20)22-10-12-23(13-11-22)40-31(42)45-32(2,3)4/h5-16,19H,17-18H2,1-4H3,(H,40,42). The quantitative estimate of drug-likeness (QED) is 0.175. The predicted molar refractivity (Wildman–Crippen MR) is 161 cm³/mol. The number of carbonyl (C=O) groups excluding carboxylic acids is 1. The Kier molecular flexibility index (Phi) is 8.67. The van der Waals surface area contributed by atoms with Gasteiger partial charge in [0.1, 0.15) is 24.1 Å². The monoisotopic (exact) mass is 622 g/mol. The number of aromatic nitrogens is 3. The molecule has 0 aliphatic heterocycles. The molecule has 0 spiro atoms.